The van der Waals surface area contributed by atoms with Crippen LogP contribution in [0.4, 0.5) is 0 Å². The number of hydrogen-bond donors (Lipinski definition) is 2. The van der Waals surface area contributed by atoms with E-state index in [4.69, 9.17) is 10.8 Å². The Morgan fingerprint density at radius 1 is 1.62 bits per heavy atom. The van der Waals surface area contributed by atoms with Gasteiger partial charge in [-0.1, -0.05) is 13.8 Å². The molecule has 1 heterocycles. The Hall–Kier alpha value is -1.49. The molecule has 0 bridgehead atoms. The Balaban J connectivity index is 3.09. The molecule has 5 nitrogen and oxygen atoms in total. The molecule has 0 amide bonds. The summed E-state index contributed by atoms with van der Waals surface area (Å²) in [6.45, 7) is 3.75. The smallest absolute Gasteiger partial charge is 0.304 e. The van der Waals surface area contributed by atoms with Gasteiger partial charge in [0.1, 0.15) is 0 Å². The molecular weight excluding hydrogens is 206 g/mol. The van der Waals surface area contributed by atoms with Crippen molar-refractivity contribution >= 4 is 5.97 Å². The number of carboxylic acids is 1. The summed E-state index contributed by atoms with van der Waals surface area (Å²) >= 11 is 0. The van der Waals surface area contributed by atoms with Crippen molar-refractivity contribution in [2.45, 2.75) is 38.1 Å². The monoisotopic (exact) mass is 223 g/mol. The molecule has 0 aliphatic carbocycles. The highest BCUT2D eigenvalue weighted by Crippen LogP contribution is 2.29. The van der Waals surface area contributed by atoms with Crippen LogP contribution in [-0.2, 0) is 10.2 Å². The first-order valence-corrected chi connectivity index (χ1v) is 5.24. The predicted molar refractivity (Wildman–Crippen MR) is 59.9 cm³/mol. The van der Waals surface area contributed by atoms with Gasteiger partial charge in [0.15, 0.2) is 0 Å². The SMILES string of the molecule is CCC(N)C(C)(CC(=O)O)c1cnccn1. The Morgan fingerprint density at radius 3 is 2.75 bits per heavy atom. The summed E-state index contributed by atoms with van der Waals surface area (Å²) in [5.74, 6) is -0.878. The average Bonchev–Trinajstić information content (AvgIpc) is 2.28. The molecule has 16 heavy (non-hydrogen) atoms. The zero-order valence-corrected chi connectivity index (χ0v) is 9.55. The quantitative estimate of drug-likeness (QED) is 0.775. The molecule has 88 valence electrons. The lowest BCUT2D eigenvalue weighted by atomic mass is 9.75. The van der Waals surface area contributed by atoms with E-state index in [0.29, 0.717) is 12.1 Å². The minimum atomic E-state index is -0.878. The molecule has 0 saturated carbocycles. The molecular formula is C11H17N3O2. The third kappa shape index (κ3) is 2.55. The molecule has 1 rings (SSSR count). The van der Waals surface area contributed by atoms with Crippen LogP contribution >= 0.6 is 0 Å². The van der Waals surface area contributed by atoms with Crippen molar-refractivity contribution in [1.82, 2.24) is 9.97 Å². The number of aliphatic carboxylic acids is 1. The van der Waals surface area contributed by atoms with E-state index in [9.17, 15) is 4.79 Å². The Labute approximate surface area is 94.7 Å². The topological polar surface area (TPSA) is 89.1 Å². The van der Waals surface area contributed by atoms with Crippen molar-refractivity contribution in [2.75, 3.05) is 0 Å². The number of nitrogens with zero attached hydrogens (tertiary/aromatic N) is 2. The summed E-state index contributed by atoms with van der Waals surface area (Å²) in [5, 5.41) is 8.95. The Bertz CT molecular complexity index is 356. The van der Waals surface area contributed by atoms with Gasteiger partial charge in [0.2, 0.25) is 0 Å². The van der Waals surface area contributed by atoms with Gasteiger partial charge in [0.05, 0.1) is 12.1 Å². The molecule has 3 N–H and O–H groups in total. The second kappa shape index (κ2) is 5.03. The van der Waals surface area contributed by atoms with E-state index in [1.54, 1.807) is 18.6 Å². The van der Waals surface area contributed by atoms with E-state index in [1.807, 2.05) is 13.8 Å². The van der Waals surface area contributed by atoms with Gasteiger partial charge in [0, 0.05) is 30.0 Å². The second-order valence-electron chi connectivity index (χ2n) is 4.09. The number of rotatable bonds is 5. The molecule has 0 aliphatic rings. The van der Waals surface area contributed by atoms with E-state index >= 15 is 0 Å². The highest BCUT2D eigenvalue weighted by Gasteiger charge is 2.36. The fourth-order valence-corrected chi connectivity index (χ4v) is 1.77. The first kappa shape index (κ1) is 12.6. The predicted octanol–water partition coefficient (Wildman–Crippen LogP) is 0.946. The average molecular weight is 223 g/mol. The van der Waals surface area contributed by atoms with Crippen LogP contribution in [0.1, 0.15) is 32.4 Å². The molecule has 1 aromatic rings. The number of carbonyl (C=O) groups is 1. The molecule has 1 aromatic heterocycles. The number of aromatic nitrogens is 2. The highest BCUT2D eigenvalue weighted by atomic mass is 16.4. The van der Waals surface area contributed by atoms with Crippen LogP contribution in [-0.4, -0.2) is 27.1 Å². The lowest BCUT2D eigenvalue weighted by Crippen LogP contribution is -2.45. The zero-order chi connectivity index (χ0) is 12.2. The van der Waals surface area contributed by atoms with Gasteiger partial charge in [-0.15, -0.1) is 0 Å². The molecule has 5 heteroatoms. The molecule has 0 saturated heterocycles. The molecule has 2 atom stereocenters. The van der Waals surface area contributed by atoms with Gasteiger partial charge < -0.3 is 10.8 Å². The maximum absolute atomic E-state index is 10.9. The summed E-state index contributed by atoms with van der Waals surface area (Å²) in [6.07, 6.45) is 5.35. The van der Waals surface area contributed by atoms with Gasteiger partial charge in [0.25, 0.3) is 0 Å². The number of hydrogen-bond acceptors (Lipinski definition) is 4. The Morgan fingerprint density at radius 2 is 2.31 bits per heavy atom. The summed E-state index contributed by atoms with van der Waals surface area (Å²) in [5.41, 5.74) is 5.96. The molecule has 0 aliphatic heterocycles. The highest BCUT2D eigenvalue weighted by molar-refractivity contribution is 5.69. The molecule has 0 spiro atoms. The van der Waals surface area contributed by atoms with Crippen molar-refractivity contribution < 1.29 is 9.90 Å². The Kier molecular flexibility index (Phi) is 3.95. The minimum absolute atomic E-state index is 0.0410. The molecule has 0 radical (unpaired) electrons. The van der Waals surface area contributed by atoms with E-state index in [2.05, 4.69) is 9.97 Å². The van der Waals surface area contributed by atoms with Crippen molar-refractivity contribution in [1.29, 1.82) is 0 Å². The normalized spacial score (nSPS) is 16.4. The van der Waals surface area contributed by atoms with Gasteiger partial charge in [-0.2, -0.15) is 0 Å². The third-order valence-electron chi connectivity index (χ3n) is 2.92. The summed E-state index contributed by atoms with van der Waals surface area (Å²) in [6, 6.07) is -0.250. The summed E-state index contributed by atoms with van der Waals surface area (Å²) < 4.78 is 0. The van der Waals surface area contributed by atoms with Crippen molar-refractivity contribution in [2.24, 2.45) is 5.73 Å². The van der Waals surface area contributed by atoms with Crippen LogP contribution in [0.25, 0.3) is 0 Å². The van der Waals surface area contributed by atoms with Crippen molar-refractivity contribution in [3.8, 4) is 0 Å². The van der Waals surface area contributed by atoms with Crippen molar-refractivity contribution in [3.05, 3.63) is 24.3 Å². The fourth-order valence-electron chi connectivity index (χ4n) is 1.77. The van der Waals surface area contributed by atoms with E-state index in [-0.39, 0.29) is 12.5 Å². The van der Waals surface area contributed by atoms with Crippen LogP contribution in [0.15, 0.2) is 18.6 Å². The van der Waals surface area contributed by atoms with Gasteiger partial charge >= 0.3 is 5.97 Å². The van der Waals surface area contributed by atoms with E-state index in [1.165, 1.54) is 0 Å². The standard InChI is InChI=1S/C11H17N3O2/c1-3-8(12)11(2,6-10(15)16)9-7-13-4-5-14-9/h4-5,7-8H,3,6,12H2,1-2H3,(H,15,16). The fraction of sp³-hybridized carbons (Fsp3) is 0.545. The van der Waals surface area contributed by atoms with Crippen LogP contribution in [0, 0.1) is 0 Å². The summed E-state index contributed by atoms with van der Waals surface area (Å²) in [4.78, 5) is 19.0. The molecule has 0 fully saturated rings. The van der Waals surface area contributed by atoms with Crippen LogP contribution in [0.2, 0.25) is 0 Å². The van der Waals surface area contributed by atoms with Gasteiger partial charge in [-0.3, -0.25) is 14.8 Å². The van der Waals surface area contributed by atoms with Crippen LogP contribution in [0.3, 0.4) is 0 Å². The maximum Gasteiger partial charge on any atom is 0.304 e. The lowest BCUT2D eigenvalue weighted by molar-refractivity contribution is -0.138. The van der Waals surface area contributed by atoms with Gasteiger partial charge in [-0.25, -0.2) is 0 Å². The lowest BCUT2D eigenvalue weighted by Gasteiger charge is -2.32. The van der Waals surface area contributed by atoms with Crippen LogP contribution < -0.4 is 5.73 Å². The van der Waals surface area contributed by atoms with E-state index < -0.39 is 11.4 Å². The second-order valence-corrected chi connectivity index (χ2v) is 4.09. The van der Waals surface area contributed by atoms with Gasteiger partial charge in [-0.05, 0) is 6.42 Å². The van der Waals surface area contributed by atoms with E-state index in [0.717, 1.165) is 0 Å². The first-order chi connectivity index (χ1) is 7.50. The third-order valence-corrected chi connectivity index (χ3v) is 2.92. The minimum Gasteiger partial charge on any atom is -0.481 e. The number of nitrogens with two attached hydrogens (primary N) is 1. The largest absolute Gasteiger partial charge is 0.481 e. The molecule has 2 unspecified atom stereocenters. The first-order valence-electron chi connectivity index (χ1n) is 5.24. The van der Waals surface area contributed by atoms with Crippen LogP contribution in [0.5, 0.6) is 0 Å². The number of carboxylic acid groups (broad SMARTS) is 1. The maximum atomic E-state index is 10.9. The zero-order valence-electron chi connectivity index (χ0n) is 9.55. The summed E-state index contributed by atoms with van der Waals surface area (Å²) in [7, 11) is 0. The van der Waals surface area contributed by atoms with Crippen molar-refractivity contribution in [3.63, 3.8) is 0 Å². The molecule has 0 aromatic carbocycles.